The number of ether oxygens (including phenoxy) is 1. The topological polar surface area (TPSA) is 33.2 Å². The Morgan fingerprint density at radius 2 is 2.05 bits per heavy atom. The first-order valence-electron chi connectivity index (χ1n) is 6.42. The van der Waals surface area contributed by atoms with Gasteiger partial charge in [0.1, 0.15) is 5.82 Å². The van der Waals surface area contributed by atoms with Gasteiger partial charge in [0.2, 0.25) is 0 Å². The molecule has 1 aromatic heterocycles. The van der Waals surface area contributed by atoms with Crippen LogP contribution in [0.5, 0.6) is 0 Å². The van der Waals surface area contributed by atoms with Gasteiger partial charge in [0, 0.05) is 26.2 Å². The Morgan fingerprint density at radius 3 is 2.84 bits per heavy atom. The lowest BCUT2D eigenvalue weighted by molar-refractivity contribution is 0.0365. The molecule has 1 N–H and O–H groups in total. The summed E-state index contributed by atoms with van der Waals surface area (Å²) in [5.74, 6) is -0.235. The van der Waals surface area contributed by atoms with Crippen molar-refractivity contribution in [3.8, 4) is 0 Å². The van der Waals surface area contributed by atoms with Crippen LogP contribution in [0.3, 0.4) is 0 Å². The largest absolute Gasteiger partial charge is 0.379 e. The summed E-state index contributed by atoms with van der Waals surface area (Å²) >= 11 is 5.30. The van der Waals surface area contributed by atoms with Crippen LogP contribution in [-0.4, -0.2) is 47.3 Å². The van der Waals surface area contributed by atoms with Gasteiger partial charge in [-0.05, 0) is 30.4 Å². The van der Waals surface area contributed by atoms with Crippen LogP contribution >= 0.6 is 12.2 Å². The zero-order valence-electron chi connectivity index (χ0n) is 10.6. The molecule has 0 saturated carbocycles. The maximum absolute atomic E-state index is 13.3. The highest BCUT2D eigenvalue weighted by molar-refractivity contribution is 7.71. The number of nitrogens with one attached hydrogen (secondary N) is 1. The molecule has 1 aliphatic rings. The standard InChI is InChI=1S/C13H16FN3OS/c14-10-1-2-11-12(9-10)17(13(19)15-11)4-3-16-5-7-18-8-6-16/h1-2,9H,3-8H2,(H,15,19). The number of H-pyrrole nitrogens is 1. The molecule has 0 atom stereocenters. The number of aromatic nitrogens is 2. The minimum Gasteiger partial charge on any atom is -0.379 e. The highest BCUT2D eigenvalue weighted by atomic mass is 32.1. The third-order valence-electron chi connectivity index (χ3n) is 3.48. The first-order chi connectivity index (χ1) is 9.24. The molecule has 0 aliphatic carbocycles. The van der Waals surface area contributed by atoms with Crippen molar-refractivity contribution in [1.29, 1.82) is 0 Å². The van der Waals surface area contributed by atoms with Gasteiger partial charge in [-0.1, -0.05) is 0 Å². The molecule has 6 heteroatoms. The maximum atomic E-state index is 13.3. The number of imidazole rings is 1. The van der Waals surface area contributed by atoms with Gasteiger partial charge in [0.05, 0.1) is 24.2 Å². The van der Waals surface area contributed by atoms with Crippen molar-refractivity contribution in [3.05, 3.63) is 28.8 Å². The predicted octanol–water partition coefficient (Wildman–Crippen LogP) is 2.17. The van der Waals surface area contributed by atoms with Crippen LogP contribution < -0.4 is 0 Å². The molecule has 0 radical (unpaired) electrons. The lowest BCUT2D eigenvalue weighted by Crippen LogP contribution is -2.38. The molecule has 1 aliphatic heterocycles. The van der Waals surface area contributed by atoms with Crippen LogP contribution in [0.15, 0.2) is 18.2 Å². The molecule has 19 heavy (non-hydrogen) atoms. The van der Waals surface area contributed by atoms with Crippen LogP contribution in [0.2, 0.25) is 0 Å². The Kier molecular flexibility index (Phi) is 3.63. The number of aromatic amines is 1. The monoisotopic (exact) mass is 281 g/mol. The smallest absolute Gasteiger partial charge is 0.178 e. The van der Waals surface area contributed by atoms with E-state index in [2.05, 4.69) is 9.88 Å². The molecule has 102 valence electrons. The average Bonchev–Trinajstić information content (AvgIpc) is 2.73. The fourth-order valence-corrected chi connectivity index (χ4v) is 2.71. The number of benzene rings is 1. The van der Waals surface area contributed by atoms with Crippen molar-refractivity contribution in [1.82, 2.24) is 14.5 Å². The summed E-state index contributed by atoms with van der Waals surface area (Å²) in [7, 11) is 0. The molecule has 1 aromatic carbocycles. The molecular formula is C13H16FN3OS. The molecule has 0 spiro atoms. The number of morpholine rings is 1. The third kappa shape index (κ3) is 2.70. The van der Waals surface area contributed by atoms with Gasteiger partial charge in [-0.25, -0.2) is 4.39 Å². The minimum absolute atomic E-state index is 0.235. The number of hydrogen-bond acceptors (Lipinski definition) is 3. The molecule has 0 unspecified atom stereocenters. The van der Waals surface area contributed by atoms with Gasteiger partial charge in [0.25, 0.3) is 0 Å². The SMILES string of the molecule is Fc1ccc2[nH]c(=S)n(CCN3CCOCC3)c2c1. The molecule has 2 aromatic rings. The summed E-state index contributed by atoms with van der Waals surface area (Å²) in [4.78, 5) is 5.45. The first-order valence-corrected chi connectivity index (χ1v) is 6.83. The highest BCUT2D eigenvalue weighted by Gasteiger charge is 2.11. The Balaban J connectivity index is 1.81. The van der Waals surface area contributed by atoms with E-state index in [0.717, 1.165) is 50.4 Å². The zero-order chi connectivity index (χ0) is 13.2. The van der Waals surface area contributed by atoms with Crippen LogP contribution in [0.4, 0.5) is 4.39 Å². The summed E-state index contributed by atoms with van der Waals surface area (Å²) in [6.07, 6.45) is 0. The molecule has 2 heterocycles. The molecule has 0 bridgehead atoms. The maximum Gasteiger partial charge on any atom is 0.178 e. The summed E-state index contributed by atoms with van der Waals surface area (Å²) in [6.45, 7) is 5.14. The number of rotatable bonds is 3. The van der Waals surface area contributed by atoms with Crippen molar-refractivity contribution >= 4 is 23.3 Å². The van der Waals surface area contributed by atoms with E-state index < -0.39 is 0 Å². The predicted molar refractivity (Wildman–Crippen MR) is 74.3 cm³/mol. The van der Waals surface area contributed by atoms with Crippen LogP contribution in [0.25, 0.3) is 11.0 Å². The summed E-state index contributed by atoms with van der Waals surface area (Å²) in [5, 5.41) is 0. The Bertz CT molecular complexity index is 630. The Hall–Kier alpha value is -1.24. The van der Waals surface area contributed by atoms with E-state index in [1.807, 2.05) is 4.57 Å². The molecular weight excluding hydrogens is 265 g/mol. The van der Waals surface area contributed by atoms with E-state index in [0.29, 0.717) is 4.77 Å². The Labute approximate surface area is 115 Å². The number of fused-ring (bicyclic) bond motifs is 1. The molecule has 0 amide bonds. The lowest BCUT2D eigenvalue weighted by atomic mass is 10.3. The van der Waals surface area contributed by atoms with Crippen LogP contribution in [0, 0.1) is 10.6 Å². The second-order valence-corrected chi connectivity index (χ2v) is 5.08. The number of halogens is 1. The van der Waals surface area contributed by atoms with E-state index in [1.165, 1.54) is 12.1 Å². The summed E-state index contributed by atoms with van der Waals surface area (Å²) in [6, 6.07) is 4.70. The quantitative estimate of drug-likeness (QED) is 0.875. The van der Waals surface area contributed by atoms with Gasteiger partial charge in [-0.2, -0.15) is 0 Å². The van der Waals surface area contributed by atoms with E-state index in [4.69, 9.17) is 17.0 Å². The fourth-order valence-electron chi connectivity index (χ4n) is 2.41. The lowest BCUT2D eigenvalue weighted by Gasteiger charge is -2.26. The van der Waals surface area contributed by atoms with Crippen LogP contribution in [-0.2, 0) is 11.3 Å². The van der Waals surface area contributed by atoms with E-state index in [9.17, 15) is 4.39 Å². The van der Waals surface area contributed by atoms with Gasteiger partial charge in [0.15, 0.2) is 4.77 Å². The fraction of sp³-hybridized carbons (Fsp3) is 0.462. The summed E-state index contributed by atoms with van der Waals surface area (Å²) in [5.41, 5.74) is 1.71. The number of hydrogen-bond donors (Lipinski definition) is 1. The first kappa shape index (κ1) is 12.8. The number of nitrogens with zero attached hydrogens (tertiary/aromatic N) is 2. The van der Waals surface area contributed by atoms with E-state index in [-0.39, 0.29) is 5.82 Å². The van der Waals surface area contributed by atoms with Gasteiger partial charge in [-0.3, -0.25) is 4.90 Å². The molecule has 3 rings (SSSR count). The second kappa shape index (κ2) is 5.40. The third-order valence-corrected chi connectivity index (χ3v) is 3.80. The van der Waals surface area contributed by atoms with Gasteiger partial charge < -0.3 is 14.3 Å². The van der Waals surface area contributed by atoms with Crippen molar-refractivity contribution < 1.29 is 9.13 Å². The van der Waals surface area contributed by atoms with Gasteiger partial charge >= 0.3 is 0 Å². The Morgan fingerprint density at radius 1 is 1.26 bits per heavy atom. The second-order valence-electron chi connectivity index (χ2n) is 4.70. The molecule has 4 nitrogen and oxygen atoms in total. The zero-order valence-corrected chi connectivity index (χ0v) is 11.4. The van der Waals surface area contributed by atoms with Crippen molar-refractivity contribution in [2.75, 3.05) is 32.8 Å². The normalized spacial score (nSPS) is 17.1. The van der Waals surface area contributed by atoms with Crippen LogP contribution in [0.1, 0.15) is 0 Å². The van der Waals surface area contributed by atoms with Crippen molar-refractivity contribution in [3.63, 3.8) is 0 Å². The van der Waals surface area contributed by atoms with E-state index in [1.54, 1.807) is 6.07 Å². The van der Waals surface area contributed by atoms with Crippen molar-refractivity contribution in [2.45, 2.75) is 6.54 Å². The highest BCUT2D eigenvalue weighted by Crippen LogP contribution is 2.15. The van der Waals surface area contributed by atoms with Gasteiger partial charge in [-0.15, -0.1) is 0 Å². The van der Waals surface area contributed by atoms with E-state index >= 15 is 0 Å². The molecule has 1 saturated heterocycles. The summed E-state index contributed by atoms with van der Waals surface area (Å²) < 4.78 is 21.3. The minimum atomic E-state index is -0.235. The average molecular weight is 281 g/mol. The van der Waals surface area contributed by atoms with Crippen molar-refractivity contribution in [2.24, 2.45) is 0 Å². The molecule has 1 fully saturated rings.